The summed E-state index contributed by atoms with van der Waals surface area (Å²) in [5.74, 6) is 1.29. The molecule has 0 aromatic heterocycles. The van der Waals surface area contributed by atoms with Gasteiger partial charge in [-0.15, -0.1) is 0 Å². The number of hydrogen-bond acceptors (Lipinski definition) is 2. The molecule has 0 bridgehead atoms. The minimum atomic E-state index is 0.154. The molecule has 17 heavy (non-hydrogen) atoms. The summed E-state index contributed by atoms with van der Waals surface area (Å²) >= 11 is 0. The fourth-order valence-electron chi connectivity index (χ4n) is 2.86. The highest BCUT2D eigenvalue weighted by atomic mass is 16.2. The fourth-order valence-corrected chi connectivity index (χ4v) is 2.86. The predicted octanol–water partition coefficient (Wildman–Crippen LogP) is 2.30. The summed E-state index contributed by atoms with van der Waals surface area (Å²) in [5, 5.41) is 3.21. The standard InChI is InChI=1S/C14H28N2O/c1-4-13(10(2)3)16-14(17)12-8-6-5-7-11(12)9-15/h10-13H,4-9,15H2,1-3H3,(H,16,17). The Morgan fingerprint density at radius 1 is 1.35 bits per heavy atom. The molecular weight excluding hydrogens is 212 g/mol. The van der Waals surface area contributed by atoms with Gasteiger partial charge in [-0.25, -0.2) is 0 Å². The zero-order valence-electron chi connectivity index (χ0n) is 11.5. The fraction of sp³-hybridized carbons (Fsp3) is 0.929. The monoisotopic (exact) mass is 240 g/mol. The van der Waals surface area contributed by atoms with Crippen molar-refractivity contribution in [2.45, 2.75) is 58.9 Å². The van der Waals surface area contributed by atoms with E-state index in [2.05, 4.69) is 26.1 Å². The van der Waals surface area contributed by atoms with Crippen LogP contribution in [0.1, 0.15) is 52.9 Å². The van der Waals surface area contributed by atoms with Crippen LogP contribution in [0, 0.1) is 17.8 Å². The Labute approximate surface area is 106 Å². The molecule has 0 spiro atoms. The number of nitrogens with one attached hydrogen (secondary N) is 1. The first kappa shape index (κ1) is 14.5. The summed E-state index contributed by atoms with van der Waals surface area (Å²) in [6.45, 7) is 7.11. The van der Waals surface area contributed by atoms with Crippen molar-refractivity contribution in [1.82, 2.24) is 5.32 Å². The van der Waals surface area contributed by atoms with E-state index in [9.17, 15) is 4.79 Å². The van der Waals surface area contributed by atoms with Gasteiger partial charge in [-0.2, -0.15) is 0 Å². The first-order chi connectivity index (χ1) is 8.10. The Morgan fingerprint density at radius 2 is 2.00 bits per heavy atom. The Bertz CT molecular complexity index is 240. The summed E-state index contributed by atoms with van der Waals surface area (Å²) in [7, 11) is 0. The lowest BCUT2D eigenvalue weighted by Gasteiger charge is -2.31. The number of rotatable bonds is 5. The van der Waals surface area contributed by atoms with Crippen molar-refractivity contribution in [2.24, 2.45) is 23.5 Å². The lowest BCUT2D eigenvalue weighted by atomic mass is 9.78. The molecule has 3 N–H and O–H groups in total. The van der Waals surface area contributed by atoms with E-state index < -0.39 is 0 Å². The molecule has 3 atom stereocenters. The van der Waals surface area contributed by atoms with E-state index in [0.29, 0.717) is 24.4 Å². The third-order valence-corrected chi connectivity index (χ3v) is 4.12. The van der Waals surface area contributed by atoms with Crippen molar-refractivity contribution >= 4 is 5.91 Å². The molecule has 100 valence electrons. The van der Waals surface area contributed by atoms with Crippen molar-refractivity contribution in [3.63, 3.8) is 0 Å². The molecule has 0 saturated heterocycles. The molecule has 0 aromatic carbocycles. The second-order valence-electron chi connectivity index (χ2n) is 5.65. The van der Waals surface area contributed by atoms with E-state index in [4.69, 9.17) is 5.73 Å². The van der Waals surface area contributed by atoms with Crippen LogP contribution >= 0.6 is 0 Å². The summed E-state index contributed by atoms with van der Waals surface area (Å²) in [4.78, 5) is 12.3. The second-order valence-corrected chi connectivity index (χ2v) is 5.65. The lowest BCUT2D eigenvalue weighted by molar-refractivity contribution is -0.128. The molecule has 3 unspecified atom stereocenters. The van der Waals surface area contributed by atoms with Gasteiger partial charge in [0.1, 0.15) is 0 Å². The van der Waals surface area contributed by atoms with E-state index in [1.54, 1.807) is 0 Å². The molecule has 3 nitrogen and oxygen atoms in total. The average molecular weight is 240 g/mol. The summed E-state index contributed by atoms with van der Waals surface area (Å²) in [5.41, 5.74) is 5.77. The number of carbonyl (C=O) groups excluding carboxylic acids is 1. The Hall–Kier alpha value is -0.570. The quantitative estimate of drug-likeness (QED) is 0.774. The second kappa shape index (κ2) is 7.00. The molecule has 1 rings (SSSR count). The molecule has 1 fully saturated rings. The molecule has 0 heterocycles. The summed E-state index contributed by atoms with van der Waals surface area (Å²) in [6, 6.07) is 0.308. The molecule has 1 aliphatic rings. The smallest absolute Gasteiger partial charge is 0.223 e. The highest BCUT2D eigenvalue weighted by molar-refractivity contribution is 5.79. The molecule has 0 aliphatic heterocycles. The van der Waals surface area contributed by atoms with Crippen LogP contribution in [0.3, 0.4) is 0 Å². The minimum Gasteiger partial charge on any atom is -0.353 e. The van der Waals surface area contributed by atoms with Gasteiger partial charge < -0.3 is 11.1 Å². The van der Waals surface area contributed by atoms with Gasteiger partial charge in [-0.05, 0) is 37.6 Å². The van der Waals surface area contributed by atoms with Crippen molar-refractivity contribution in [3.05, 3.63) is 0 Å². The van der Waals surface area contributed by atoms with E-state index in [0.717, 1.165) is 19.3 Å². The van der Waals surface area contributed by atoms with Crippen LogP contribution in [0.25, 0.3) is 0 Å². The molecule has 1 amide bonds. The summed E-state index contributed by atoms with van der Waals surface area (Å²) in [6.07, 6.45) is 5.54. The SMILES string of the molecule is CCC(NC(=O)C1CCCCC1CN)C(C)C. The molecule has 1 aliphatic carbocycles. The van der Waals surface area contributed by atoms with E-state index in [1.165, 1.54) is 12.8 Å². The molecular formula is C14H28N2O. The van der Waals surface area contributed by atoms with Crippen LogP contribution in [0.5, 0.6) is 0 Å². The number of amides is 1. The van der Waals surface area contributed by atoms with Gasteiger partial charge in [0, 0.05) is 12.0 Å². The van der Waals surface area contributed by atoms with Gasteiger partial charge in [0.05, 0.1) is 0 Å². The minimum absolute atomic E-state index is 0.154. The van der Waals surface area contributed by atoms with Gasteiger partial charge >= 0.3 is 0 Å². The van der Waals surface area contributed by atoms with Gasteiger partial charge in [0.2, 0.25) is 5.91 Å². The zero-order valence-corrected chi connectivity index (χ0v) is 11.5. The van der Waals surface area contributed by atoms with Crippen molar-refractivity contribution in [2.75, 3.05) is 6.54 Å². The van der Waals surface area contributed by atoms with Gasteiger partial charge in [-0.1, -0.05) is 33.6 Å². The maximum atomic E-state index is 12.3. The van der Waals surface area contributed by atoms with Crippen LogP contribution in [0.15, 0.2) is 0 Å². The molecule has 0 radical (unpaired) electrons. The summed E-state index contributed by atoms with van der Waals surface area (Å²) < 4.78 is 0. The maximum Gasteiger partial charge on any atom is 0.223 e. The van der Waals surface area contributed by atoms with Gasteiger partial charge in [0.15, 0.2) is 0 Å². The Morgan fingerprint density at radius 3 is 2.53 bits per heavy atom. The van der Waals surface area contributed by atoms with Crippen LogP contribution in [-0.2, 0) is 4.79 Å². The van der Waals surface area contributed by atoms with Crippen LogP contribution in [0.4, 0.5) is 0 Å². The zero-order chi connectivity index (χ0) is 12.8. The third-order valence-electron chi connectivity index (χ3n) is 4.12. The van der Waals surface area contributed by atoms with Gasteiger partial charge in [0.25, 0.3) is 0 Å². The first-order valence-electron chi connectivity index (χ1n) is 7.10. The highest BCUT2D eigenvalue weighted by Gasteiger charge is 2.31. The number of hydrogen-bond donors (Lipinski definition) is 2. The van der Waals surface area contributed by atoms with E-state index >= 15 is 0 Å². The molecule has 1 saturated carbocycles. The van der Waals surface area contributed by atoms with Crippen molar-refractivity contribution < 1.29 is 4.79 Å². The third kappa shape index (κ3) is 3.98. The molecule has 0 aromatic rings. The first-order valence-corrected chi connectivity index (χ1v) is 7.10. The topological polar surface area (TPSA) is 55.1 Å². The predicted molar refractivity (Wildman–Crippen MR) is 71.6 cm³/mol. The molecule has 3 heteroatoms. The number of nitrogens with two attached hydrogens (primary N) is 1. The van der Waals surface area contributed by atoms with Crippen LogP contribution in [-0.4, -0.2) is 18.5 Å². The van der Waals surface area contributed by atoms with E-state index in [-0.39, 0.29) is 11.8 Å². The van der Waals surface area contributed by atoms with Crippen molar-refractivity contribution in [1.29, 1.82) is 0 Å². The lowest BCUT2D eigenvalue weighted by Crippen LogP contribution is -2.45. The van der Waals surface area contributed by atoms with Crippen LogP contribution in [0.2, 0.25) is 0 Å². The van der Waals surface area contributed by atoms with Crippen molar-refractivity contribution in [3.8, 4) is 0 Å². The maximum absolute atomic E-state index is 12.3. The Balaban J connectivity index is 2.55. The highest BCUT2D eigenvalue weighted by Crippen LogP contribution is 2.29. The average Bonchev–Trinajstić information content (AvgIpc) is 2.35. The largest absolute Gasteiger partial charge is 0.353 e. The normalized spacial score (nSPS) is 26.9. The Kier molecular flexibility index (Phi) is 5.96. The van der Waals surface area contributed by atoms with Gasteiger partial charge in [-0.3, -0.25) is 4.79 Å². The van der Waals surface area contributed by atoms with Crippen LogP contribution < -0.4 is 11.1 Å². The van der Waals surface area contributed by atoms with E-state index in [1.807, 2.05) is 0 Å². The number of carbonyl (C=O) groups is 1.